The van der Waals surface area contributed by atoms with Crippen molar-refractivity contribution in [3.05, 3.63) is 24.5 Å². The van der Waals surface area contributed by atoms with Crippen LogP contribution in [0.2, 0.25) is 0 Å². The first kappa shape index (κ1) is 20.5. The van der Waals surface area contributed by atoms with Gasteiger partial charge in [-0.05, 0) is 44.9 Å². The average molecular weight is 448 g/mol. The number of hydrogen-bond acceptors (Lipinski definition) is 7. The van der Waals surface area contributed by atoms with Gasteiger partial charge in [0.1, 0.15) is 24.1 Å². The summed E-state index contributed by atoms with van der Waals surface area (Å²) in [6.07, 6.45) is 10.7. The van der Waals surface area contributed by atoms with Gasteiger partial charge in [0.2, 0.25) is 11.8 Å². The fraction of sp³-hybridized carbons (Fsp3) is 0.583. The van der Waals surface area contributed by atoms with Crippen molar-refractivity contribution in [1.82, 2.24) is 34.4 Å². The molecule has 2 aliphatic carbocycles. The largest absolute Gasteiger partial charge is 0.471 e. The minimum atomic E-state index is -0.0800. The molecule has 0 spiro atoms. The molecule has 3 aliphatic rings. The standard InChI is InChI=1S/C24H29N7O2/c1-3-31-21(17-10-25-14(2)26-11-17)29-20-22(31)27-13-28-23(20)33-18-6-7-30(12-18)24(32)19-9-15-4-5-16(19)8-15/h10-11,13,15-16,18-19H,3-9,12H2,1-2H3/t15-,16-,18+,19+/m1/s1. The topological polar surface area (TPSA) is 98.9 Å². The van der Waals surface area contributed by atoms with Crippen LogP contribution in [0.1, 0.15) is 44.9 Å². The van der Waals surface area contributed by atoms with Crippen LogP contribution in [0.5, 0.6) is 5.88 Å². The monoisotopic (exact) mass is 447 g/mol. The highest BCUT2D eigenvalue weighted by Gasteiger charge is 2.45. The van der Waals surface area contributed by atoms with Crippen LogP contribution < -0.4 is 4.74 Å². The lowest BCUT2D eigenvalue weighted by atomic mass is 9.88. The number of nitrogens with zero attached hydrogens (tertiary/aromatic N) is 7. The second-order valence-electron chi connectivity index (χ2n) is 9.64. The Morgan fingerprint density at radius 1 is 1.12 bits per heavy atom. The van der Waals surface area contributed by atoms with Crippen LogP contribution in [0.3, 0.4) is 0 Å². The molecular formula is C24H29N7O2. The maximum Gasteiger partial charge on any atom is 0.245 e. The van der Waals surface area contributed by atoms with E-state index in [2.05, 4.69) is 26.9 Å². The molecule has 9 nitrogen and oxygen atoms in total. The second kappa shape index (κ2) is 8.04. The van der Waals surface area contributed by atoms with E-state index in [4.69, 9.17) is 9.72 Å². The summed E-state index contributed by atoms with van der Waals surface area (Å²) in [7, 11) is 0. The Balaban J connectivity index is 1.22. The summed E-state index contributed by atoms with van der Waals surface area (Å²) in [5, 5.41) is 0. The third-order valence-electron chi connectivity index (χ3n) is 7.64. The predicted octanol–water partition coefficient (Wildman–Crippen LogP) is 3.03. The number of carbonyl (C=O) groups excluding carboxylic acids is 1. The maximum atomic E-state index is 13.1. The van der Waals surface area contributed by atoms with E-state index in [0.29, 0.717) is 42.1 Å². The highest BCUT2D eigenvalue weighted by molar-refractivity contribution is 5.81. The van der Waals surface area contributed by atoms with Crippen molar-refractivity contribution in [3.63, 3.8) is 0 Å². The van der Waals surface area contributed by atoms with Gasteiger partial charge in [0.25, 0.3) is 0 Å². The predicted molar refractivity (Wildman–Crippen MR) is 121 cm³/mol. The van der Waals surface area contributed by atoms with E-state index in [-0.39, 0.29) is 12.0 Å². The highest BCUT2D eigenvalue weighted by Crippen LogP contribution is 2.49. The van der Waals surface area contributed by atoms with E-state index in [1.54, 1.807) is 12.4 Å². The summed E-state index contributed by atoms with van der Waals surface area (Å²) in [4.78, 5) is 37.5. The number of hydrogen-bond donors (Lipinski definition) is 0. The summed E-state index contributed by atoms with van der Waals surface area (Å²) >= 11 is 0. The number of imidazole rings is 1. The van der Waals surface area contributed by atoms with E-state index in [1.165, 1.54) is 25.6 Å². The number of fused-ring (bicyclic) bond motifs is 3. The summed E-state index contributed by atoms with van der Waals surface area (Å²) in [6.45, 7) is 5.98. The van der Waals surface area contributed by atoms with E-state index in [1.807, 2.05) is 16.4 Å². The molecular weight excluding hydrogens is 418 g/mol. The van der Waals surface area contributed by atoms with Gasteiger partial charge in [0.05, 0.1) is 12.1 Å². The number of amides is 1. The Bertz CT molecular complexity index is 1190. The molecule has 0 N–H and O–H groups in total. The van der Waals surface area contributed by atoms with Gasteiger partial charge in [-0.15, -0.1) is 0 Å². The number of carbonyl (C=O) groups is 1. The van der Waals surface area contributed by atoms with E-state index in [9.17, 15) is 4.79 Å². The fourth-order valence-electron chi connectivity index (χ4n) is 5.99. The van der Waals surface area contributed by atoms with Crippen LogP contribution >= 0.6 is 0 Å². The SMILES string of the molecule is CCn1c(-c2cnc(C)nc2)nc2c(O[C@H]3CCN(C(=O)[C@H]4C[C@@H]5CC[C@@H]4C5)C3)ncnc21. The zero-order chi connectivity index (χ0) is 22.5. The van der Waals surface area contributed by atoms with Crippen LogP contribution in [0.4, 0.5) is 0 Å². The van der Waals surface area contributed by atoms with Gasteiger partial charge in [0, 0.05) is 37.8 Å². The number of aryl methyl sites for hydroxylation is 2. The number of likely N-dealkylation sites (tertiary alicyclic amines) is 1. The number of rotatable bonds is 5. The molecule has 3 aromatic heterocycles. The minimum Gasteiger partial charge on any atom is -0.471 e. The Kier molecular flexibility index (Phi) is 4.99. The van der Waals surface area contributed by atoms with E-state index < -0.39 is 0 Å². The van der Waals surface area contributed by atoms with Gasteiger partial charge in [-0.2, -0.15) is 4.98 Å². The summed E-state index contributed by atoms with van der Waals surface area (Å²) in [5.74, 6) is 3.87. The molecule has 6 rings (SSSR count). The molecule has 9 heteroatoms. The molecule has 172 valence electrons. The molecule has 0 aromatic carbocycles. The number of aromatic nitrogens is 6. The van der Waals surface area contributed by atoms with Crippen LogP contribution in [0.15, 0.2) is 18.7 Å². The third-order valence-corrected chi connectivity index (χ3v) is 7.64. The smallest absolute Gasteiger partial charge is 0.245 e. The molecule has 2 saturated carbocycles. The zero-order valence-corrected chi connectivity index (χ0v) is 19.1. The Hall–Kier alpha value is -3.10. The summed E-state index contributed by atoms with van der Waals surface area (Å²) in [5.41, 5.74) is 2.19. The van der Waals surface area contributed by atoms with Crippen molar-refractivity contribution in [1.29, 1.82) is 0 Å². The third kappa shape index (κ3) is 3.54. The molecule has 1 amide bonds. The van der Waals surface area contributed by atoms with Gasteiger partial charge in [-0.3, -0.25) is 4.79 Å². The van der Waals surface area contributed by atoms with Gasteiger partial charge in [-0.25, -0.2) is 19.9 Å². The van der Waals surface area contributed by atoms with Crippen LogP contribution in [0, 0.1) is 24.7 Å². The van der Waals surface area contributed by atoms with Gasteiger partial charge >= 0.3 is 0 Å². The summed E-state index contributed by atoms with van der Waals surface area (Å²) in [6, 6.07) is 0. The molecule has 1 aliphatic heterocycles. The average Bonchev–Trinajstić information content (AvgIpc) is 3.62. The van der Waals surface area contributed by atoms with Crippen LogP contribution in [0.25, 0.3) is 22.6 Å². The lowest BCUT2D eigenvalue weighted by molar-refractivity contribution is -0.136. The highest BCUT2D eigenvalue weighted by atomic mass is 16.5. The normalized spacial score (nSPS) is 26.4. The van der Waals surface area contributed by atoms with Gasteiger partial charge in [0.15, 0.2) is 11.2 Å². The molecule has 2 bridgehead atoms. The lowest BCUT2D eigenvalue weighted by Gasteiger charge is -2.26. The van der Waals surface area contributed by atoms with Crippen molar-refractivity contribution in [2.75, 3.05) is 13.1 Å². The van der Waals surface area contributed by atoms with Crippen molar-refractivity contribution < 1.29 is 9.53 Å². The molecule has 4 heterocycles. The molecule has 0 unspecified atom stereocenters. The zero-order valence-electron chi connectivity index (χ0n) is 19.1. The first-order chi connectivity index (χ1) is 16.1. The van der Waals surface area contributed by atoms with Gasteiger partial charge < -0.3 is 14.2 Å². The summed E-state index contributed by atoms with van der Waals surface area (Å²) < 4.78 is 8.33. The Morgan fingerprint density at radius 2 is 1.97 bits per heavy atom. The lowest BCUT2D eigenvalue weighted by Crippen LogP contribution is -2.37. The molecule has 4 atom stereocenters. The van der Waals surface area contributed by atoms with E-state index in [0.717, 1.165) is 42.3 Å². The van der Waals surface area contributed by atoms with E-state index >= 15 is 0 Å². The Morgan fingerprint density at radius 3 is 2.70 bits per heavy atom. The second-order valence-corrected chi connectivity index (χ2v) is 9.64. The van der Waals surface area contributed by atoms with Gasteiger partial charge in [-0.1, -0.05) is 6.42 Å². The van der Waals surface area contributed by atoms with Crippen LogP contribution in [-0.4, -0.2) is 59.5 Å². The first-order valence-corrected chi connectivity index (χ1v) is 12.1. The minimum absolute atomic E-state index is 0.0800. The number of ether oxygens (including phenoxy) is 1. The van der Waals surface area contributed by atoms with Crippen molar-refractivity contribution >= 4 is 17.1 Å². The molecule has 3 fully saturated rings. The molecule has 1 saturated heterocycles. The van der Waals surface area contributed by atoms with Crippen molar-refractivity contribution in [2.45, 2.75) is 58.6 Å². The first-order valence-electron chi connectivity index (χ1n) is 12.1. The maximum absolute atomic E-state index is 13.1. The Labute approximate surface area is 192 Å². The molecule has 0 radical (unpaired) electrons. The molecule has 33 heavy (non-hydrogen) atoms. The van der Waals surface area contributed by atoms with Crippen molar-refractivity contribution in [2.24, 2.45) is 17.8 Å². The fourth-order valence-corrected chi connectivity index (χ4v) is 5.99. The quantitative estimate of drug-likeness (QED) is 0.593. The van der Waals surface area contributed by atoms with Crippen molar-refractivity contribution in [3.8, 4) is 17.3 Å². The molecule has 3 aromatic rings. The van der Waals surface area contributed by atoms with Crippen LogP contribution in [-0.2, 0) is 11.3 Å².